The standard InChI is InChI=1S/C15H10BrClO5/c16-11-5-14-13(21-7-22-14)3-8(11)6-20-15(19)10-2-1-9(17)4-12(10)18/h1-5,18H,6-7H2. The zero-order chi connectivity index (χ0) is 15.7. The van der Waals surface area contributed by atoms with Crippen LogP contribution in [0, 0.1) is 0 Å². The highest BCUT2D eigenvalue weighted by atomic mass is 79.9. The molecule has 0 bridgehead atoms. The van der Waals surface area contributed by atoms with Crippen LogP contribution in [0.2, 0.25) is 5.02 Å². The number of hydrogen-bond acceptors (Lipinski definition) is 5. The van der Waals surface area contributed by atoms with Gasteiger partial charge in [0.05, 0.1) is 0 Å². The zero-order valence-corrected chi connectivity index (χ0v) is 13.5. The van der Waals surface area contributed by atoms with E-state index >= 15 is 0 Å². The minimum atomic E-state index is -0.640. The van der Waals surface area contributed by atoms with Crippen molar-refractivity contribution in [3.63, 3.8) is 0 Å². The quantitative estimate of drug-likeness (QED) is 0.812. The van der Waals surface area contributed by atoms with Crippen molar-refractivity contribution < 1.29 is 24.1 Å². The molecule has 2 aromatic carbocycles. The molecule has 5 nitrogen and oxygen atoms in total. The molecule has 0 fully saturated rings. The minimum absolute atomic E-state index is 0.0259. The summed E-state index contributed by atoms with van der Waals surface area (Å²) in [7, 11) is 0. The van der Waals surface area contributed by atoms with Crippen LogP contribution in [0.25, 0.3) is 0 Å². The Morgan fingerprint density at radius 3 is 2.73 bits per heavy atom. The van der Waals surface area contributed by atoms with Crippen molar-refractivity contribution in [2.75, 3.05) is 6.79 Å². The molecule has 0 radical (unpaired) electrons. The molecule has 1 aliphatic rings. The summed E-state index contributed by atoms with van der Waals surface area (Å²) in [4.78, 5) is 12.0. The third-order valence-corrected chi connectivity index (χ3v) is 4.05. The Labute approximate surface area is 139 Å². The lowest BCUT2D eigenvalue weighted by atomic mass is 10.2. The molecule has 0 saturated heterocycles. The van der Waals surface area contributed by atoms with Gasteiger partial charge in [-0.2, -0.15) is 0 Å². The average molecular weight is 386 g/mol. The molecular formula is C15H10BrClO5. The number of phenols is 1. The average Bonchev–Trinajstić information content (AvgIpc) is 2.91. The summed E-state index contributed by atoms with van der Waals surface area (Å²) >= 11 is 9.11. The van der Waals surface area contributed by atoms with Gasteiger partial charge in [0.25, 0.3) is 0 Å². The maximum atomic E-state index is 12.0. The van der Waals surface area contributed by atoms with Crippen LogP contribution in [0.3, 0.4) is 0 Å². The highest BCUT2D eigenvalue weighted by Gasteiger charge is 2.18. The summed E-state index contributed by atoms with van der Waals surface area (Å²) < 4.78 is 16.5. The normalized spacial score (nSPS) is 12.3. The predicted molar refractivity (Wildman–Crippen MR) is 82.5 cm³/mol. The monoisotopic (exact) mass is 384 g/mol. The lowest BCUT2D eigenvalue weighted by Crippen LogP contribution is -2.06. The van der Waals surface area contributed by atoms with Crippen LogP contribution in [-0.2, 0) is 11.3 Å². The van der Waals surface area contributed by atoms with Crippen LogP contribution in [0.1, 0.15) is 15.9 Å². The molecule has 1 N–H and O–H groups in total. The van der Waals surface area contributed by atoms with Crippen molar-refractivity contribution in [1.82, 2.24) is 0 Å². The Morgan fingerprint density at radius 1 is 1.27 bits per heavy atom. The second kappa shape index (κ2) is 6.06. The van der Waals surface area contributed by atoms with Gasteiger partial charge in [-0.25, -0.2) is 4.79 Å². The highest BCUT2D eigenvalue weighted by Crippen LogP contribution is 2.37. The van der Waals surface area contributed by atoms with E-state index in [1.807, 2.05) is 0 Å². The Balaban J connectivity index is 1.74. The van der Waals surface area contributed by atoms with Crippen LogP contribution in [0.5, 0.6) is 17.2 Å². The summed E-state index contributed by atoms with van der Waals surface area (Å²) in [5.74, 6) is 0.377. The number of carbonyl (C=O) groups excluding carboxylic acids is 1. The number of phenolic OH excluding ortho intramolecular Hbond substituents is 1. The number of carbonyl (C=O) groups is 1. The fourth-order valence-electron chi connectivity index (χ4n) is 1.97. The Hall–Kier alpha value is -1.92. The fraction of sp³-hybridized carbons (Fsp3) is 0.133. The van der Waals surface area contributed by atoms with Gasteiger partial charge in [0.15, 0.2) is 11.5 Å². The number of rotatable bonds is 3. The summed E-state index contributed by atoms with van der Waals surface area (Å²) in [5.41, 5.74) is 0.785. The second-order valence-corrected chi connectivity index (χ2v) is 5.83. The van der Waals surface area contributed by atoms with E-state index in [9.17, 15) is 9.90 Å². The molecule has 7 heteroatoms. The van der Waals surface area contributed by atoms with E-state index in [-0.39, 0.29) is 24.7 Å². The number of esters is 1. The van der Waals surface area contributed by atoms with E-state index in [1.165, 1.54) is 18.2 Å². The molecule has 0 aliphatic carbocycles. The molecule has 0 aromatic heterocycles. The molecule has 22 heavy (non-hydrogen) atoms. The molecule has 0 spiro atoms. The summed E-state index contributed by atoms with van der Waals surface area (Å²) in [5, 5.41) is 10.0. The van der Waals surface area contributed by atoms with Gasteiger partial charge in [0, 0.05) is 15.1 Å². The van der Waals surface area contributed by atoms with Gasteiger partial charge in [0.1, 0.15) is 17.9 Å². The van der Waals surface area contributed by atoms with Crippen molar-refractivity contribution in [2.24, 2.45) is 0 Å². The van der Waals surface area contributed by atoms with Gasteiger partial charge < -0.3 is 19.3 Å². The molecular weight excluding hydrogens is 376 g/mol. The third kappa shape index (κ3) is 2.98. The summed E-state index contributed by atoms with van der Waals surface area (Å²) in [6.07, 6.45) is 0. The first-order valence-electron chi connectivity index (χ1n) is 6.28. The third-order valence-electron chi connectivity index (χ3n) is 3.08. The van der Waals surface area contributed by atoms with Crippen LogP contribution in [-0.4, -0.2) is 17.9 Å². The number of aromatic hydroxyl groups is 1. The summed E-state index contributed by atoms with van der Waals surface area (Å²) in [6.45, 7) is 0.196. The number of benzene rings is 2. The molecule has 2 aromatic rings. The maximum absolute atomic E-state index is 12.0. The molecule has 0 atom stereocenters. The van der Waals surface area contributed by atoms with E-state index in [4.69, 9.17) is 25.8 Å². The fourth-order valence-corrected chi connectivity index (χ4v) is 2.57. The van der Waals surface area contributed by atoms with Gasteiger partial charge in [-0.05, 0) is 30.3 Å². The largest absolute Gasteiger partial charge is 0.507 e. The van der Waals surface area contributed by atoms with Gasteiger partial charge in [0.2, 0.25) is 6.79 Å². The van der Waals surface area contributed by atoms with E-state index in [2.05, 4.69) is 15.9 Å². The first-order valence-corrected chi connectivity index (χ1v) is 7.45. The first kappa shape index (κ1) is 15.0. The molecule has 1 heterocycles. The van der Waals surface area contributed by atoms with Crippen molar-refractivity contribution in [1.29, 1.82) is 0 Å². The number of fused-ring (bicyclic) bond motifs is 1. The summed E-state index contributed by atoms with van der Waals surface area (Å²) in [6, 6.07) is 7.70. The lowest BCUT2D eigenvalue weighted by molar-refractivity contribution is 0.0468. The van der Waals surface area contributed by atoms with Gasteiger partial charge in [-0.1, -0.05) is 27.5 Å². The smallest absolute Gasteiger partial charge is 0.342 e. The molecule has 0 unspecified atom stereocenters. The van der Waals surface area contributed by atoms with Crippen LogP contribution < -0.4 is 9.47 Å². The maximum Gasteiger partial charge on any atom is 0.342 e. The highest BCUT2D eigenvalue weighted by molar-refractivity contribution is 9.10. The number of hydrogen-bond donors (Lipinski definition) is 1. The second-order valence-electron chi connectivity index (χ2n) is 4.53. The van der Waals surface area contributed by atoms with Crippen LogP contribution in [0.15, 0.2) is 34.8 Å². The van der Waals surface area contributed by atoms with Crippen LogP contribution >= 0.6 is 27.5 Å². The first-order chi connectivity index (χ1) is 10.5. The SMILES string of the molecule is O=C(OCc1cc2c(cc1Br)OCO2)c1ccc(Cl)cc1O. The minimum Gasteiger partial charge on any atom is -0.507 e. The topological polar surface area (TPSA) is 65.0 Å². The van der Waals surface area contributed by atoms with Gasteiger partial charge in [-0.15, -0.1) is 0 Å². The van der Waals surface area contributed by atoms with E-state index < -0.39 is 5.97 Å². The molecule has 1 aliphatic heterocycles. The molecule has 0 amide bonds. The number of ether oxygens (including phenoxy) is 3. The van der Waals surface area contributed by atoms with Gasteiger partial charge >= 0.3 is 5.97 Å². The lowest BCUT2D eigenvalue weighted by Gasteiger charge is -2.09. The van der Waals surface area contributed by atoms with E-state index in [0.717, 1.165) is 10.0 Å². The number of halogens is 2. The van der Waals surface area contributed by atoms with Crippen molar-refractivity contribution in [3.05, 3.63) is 51.0 Å². The van der Waals surface area contributed by atoms with Gasteiger partial charge in [-0.3, -0.25) is 0 Å². The van der Waals surface area contributed by atoms with E-state index in [1.54, 1.807) is 12.1 Å². The van der Waals surface area contributed by atoms with Crippen molar-refractivity contribution in [3.8, 4) is 17.2 Å². The van der Waals surface area contributed by atoms with E-state index in [0.29, 0.717) is 16.5 Å². The van der Waals surface area contributed by atoms with Crippen molar-refractivity contribution >= 4 is 33.5 Å². The zero-order valence-electron chi connectivity index (χ0n) is 11.1. The molecule has 0 saturated carbocycles. The molecule has 114 valence electrons. The molecule has 3 rings (SSSR count). The van der Waals surface area contributed by atoms with Crippen molar-refractivity contribution in [2.45, 2.75) is 6.61 Å². The predicted octanol–water partition coefficient (Wildman–Crippen LogP) is 3.89. The Kier molecular flexibility index (Phi) is 4.13. The Bertz CT molecular complexity index is 747. The Morgan fingerprint density at radius 2 is 2.00 bits per heavy atom. The van der Waals surface area contributed by atoms with Crippen LogP contribution in [0.4, 0.5) is 0 Å².